The average Bonchev–Trinajstić information content (AvgIpc) is 2.97. The smallest absolute Gasteiger partial charge is 0.339 e. The van der Waals surface area contributed by atoms with E-state index in [4.69, 9.17) is 0 Å². The molecule has 5 atom stereocenters. The van der Waals surface area contributed by atoms with Crippen LogP contribution in [-0.2, 0) is 6.42 Å². The number of nitrogens with zero attached hydrogens (tertiary/aromatic N) is 2. The van der Waals surface area contributed by atoms with Crippen LogP contribution in [0.1, 0.15) is 48.2 Å². The minimum atomic E-state index is -0.935. The fraction of sp³-hybridized carbons (Fsp3) is 0.611. The number of carboxylic acids is 1. The Bertz CT molecular complexity index is 747. The zero-order chi connectivity index (χ0) is 16.5. The van der Waals surface area contributed by atoms with E-state index in [9.17, 15) is 9.90 Å². The second-order valence-electron chi connectivity index (χ2n) is 7.95. The minimum absolute atomic E-state index is 0.246. The molecule has 126 valence electrons. The average molecular weight is 390 g/mol. The Morgan fingerprint density at radius 2 is 2.04 bits per heavy atom. The lowest BCUT2D eigenvalue weighted by Crippen LogP contribution is -2.56. The molecule has 2 N–H and O–H groups in total. The first-order valence-electron chi connectivity index (χ1n) is 8.75. The first-order chi connectivity index (χ1) is 11.5. The number of rotatable bonds is 3. The highest BCUT2D eigenvalue weighted by molar-refractivity contribution is 9.10. The van der Waals surface area contributed by atoms with Gasteiger partial charge in [0.25, 0.3) is 0 Å². The Morgan fingerprint density at radius 1 is 1.29 bits per heavy atom. The first-order valence-corrected chi connectivity index (χ1v) is 9.55. The third kappa shape index (κ3) is 2.15. The van der Waals surface area contributed by atoms with Gasteiger partial charge in [0.15, 0.2) is 0 Å². The Kier molecular flexibility index (Phi) is 3.12. The van der Waals surface area contributed by atoms with Crippen molar-refractivity contribution in [2.75, 3.05) is 5.32 Å². The second kappa shape index (κ2) is 5.04. The van der Waals surface area contributed by atoms with E-state index < -0.39 is 5.97 Å². The van der Waals surface area contributed by atoms with Crippen molar-refractivity contribution in [1.82, 2.24) is 4.98 Å². The predicted molar refractivity (Wildman–Crippen MR) is 95.7 cm³/mol. The molecule has 4 fully saturated rings. The summed E-state index contributed by atoms with van der Waals surface area (Å²) in [5, 5.41) is 13.2. The van der Waals surface area contributed by atoms with Crippen molar-refractivity contribution in [1.29, 1.82) is 0 Å². The van der Waals surface area contributed by atoms with Gasteiger partial charge in [-0.25, -0.2) is 4.79 Å². The number of fused-ring (bicyclic) bond motifs is 1. The largest absolute Gasteiger partial charge is 0.478 e. The van der Waals surface area contributed by atoms with Gasteiger partial charge in [-0.1, -0.05) is 15.9 Å². The zero-order valence-corrected chi connectivity index (χ0v) is 14.9. The number of hydrogen-bond acceptors (Lipinski definition) is 4. The SMILES string of the molecule is O=C(O)c1cnc2c(c1NC1[C@@H]3CC4C[C@H]1CC(Br)(C4)C3)N=CC2. The van der Waals surface area contributed by atoms with E-state index >= 15 is 0 Å². The monoisotopic (exact) mass is 389 g/mol. The summed E-state index contributed by atoms with van der Waals surface area (Å²) in [6, 6.07) is 0.354. The number of aromatic carboxylic acids is 1. The molecule has 4 bridgehead atoms. The van der Waals surface area contributed by atoms with Crippen LogP contribution in [0.5, 0.6) is 0 Å². The topological polar surface area (TPSA) is 74.6 Å². The fourth-order valence-electron chi connectivity index (χ4n) is 5.69. The van der Waals surface area contributed by atoms with Gasteiger partial charge in [-0.3, -0.25) is 9.98 Å². The summed E-state index contributed by atoms with van der Waals surface area (Å²) >= 11 is 4.00. The van der Waals surface area contributed by atoms with Gasteiger partial charge in [-0.15, -0.1) is 0 Å². The molecule has 2 heterocycles. The number of pyridine rings is 1. The highest BCUT2D eigenvalue weighted by Gasteiger charge is 2.54. The molecule has 4 saturated carbocycles. The zero-order valence-electron chi connectivity index (χ0n) is 13.3. The van der Waals surface area contributed by atoms with Gasteiger partial charge in [0.05, 0.1) is 11.4 Å². The summed E-state index contributed by atoms with van der Waals surface area (Å²) in [4.78, 5) is 20.4. The van der Waals surface area contributed by atoms with Gasteiger partial charge in [0.1, 0.15) is 11.3 Å². The Balaban J connectivity index is 1.52. The fourth-order valence-corrected chi connectivity index (χ4v) is 6.98. The number of anilines is 1. The van der Waals surface area contributed by atoms with E-state index in [0.29, 0.717) is 34.3 Å². The molecule has 3 unspecified atom stereocenters. The van der Waals surface area contributed by atoms with Crippen LogP contribution in [-0.4, -0.2) is 32.6 Å². The molecule has 24 heavy (non-hydrogen) atoms. The molecule has 0 saturated heterocycles. The summed E-state index contributed by atoms with van der Waals surface area (Å²) < 4.78 is 0.329. The maximum absolute atomic E-state index is 11.7. The molecule has 6 rings (SSSR count). The third-order valence-electron chi connectivity index (χ3n) is 6.37. The van der Waals surface area contributed by atoms with E-state index in [0.717, 1.165) is 17.3 Å². The molecule has 6 heteroatoms. The number of aliphatic imine (C=N–C) groups is 1. The molecule has 0 radical (unpaired) electrons. The van der Waals surface area contributed by atoms with Gasteiger partial charge >= 0.3 is 5.97 Å². The van der Waals surface area contributed by atoms with Crippen LogP contribution in [0, 0.1) is 17.8 Å². The molecule has 0 amide bonds. The second-order valence-corrected chi connectivity index (χ2v) is 9.64. The normalized spacial score (nSPS) is 38.4. The number of aromatic nitrogens is 1. The molecule has 5 aliphatic rings. The summed E-state index contributed by atoms with van der Waals surface area (Å²) in [7, 11) is 0. The van der Waals surface area contributed by atoms with Crippen LogP contribution in [0.2, 0.25) is 0 Å². The van der Waals surface area contributed by atoms with E-state index in [-0.39, 0.29) is 5.56 Å². The predicted octanol–water partition coefficient (Wildman–Crippen LogP) is 3.79. The summed E-state index contributed by atoms with van der Waals surface area (Å²) in [6.07, 6.45) is 10.2. The molecule has 1 aliphatic heterocycles. The van der Waals surface area contributed by atoms with Gasteiger partial charge in [0, 0.05) is 29.2 Å². The van der Waals surface area contributed by atoms with Crippen molar-refractivity contribution >= 4 is 39.5 Å². The number of nitrogens with one attached hydrogen (secondary N) is 1. The number of halogens is 1. The van der Waals surface area contributed by atoms with Crippen molar-refractivity contribution < 1.29 is 9.90 Å². The van der Waals surface area contributed by atoms with Crippen LogP contribution < -0.4 is 5.32 Å². The maximum Gasteiger partial charge on any atom is 0.339 e. The van der Waals surface area contributed by atoms with E-state index in [1.54, 1.807) is 0 Å². The molecule has 5 nitrogen and oxygen atoms in total. The standard InChI is InChI=1S/C18H20BrN3O2/c19-18-5-9-3-10(6-18)14(11(4-9)7-18)22-15-12(17(23)24)8-21-13-1-2-20-16(13)15/h2,8-11,14H,1,3-7H2,(H,21,22)(H,23,24)/t9?,10-,11+,14?,18?. The summed E-state index contributed by atoms with van der Waals surface area (Å²) in [6.45, 7) is 0. The number of carbonyl (C=O) groups is 1. The van der Waals surface area contributed by atoms with Crippen molar-refractivity contribution in [2.45, 2.75) is 48.9 Å². The van der Waals surface area contributed by atoms with Gasteiger partial charge in [0.2, 0.25) is 0 Å². The van der Waals surface area contributed by atoms with Crippen LogP contribution in [0.3, 0.4) is 0 Å². The van der Waals surface area contributed by atoms with Crippen molar-refractivity contribution in [3.63, 3.8) is 0 Å². The first kappa shape index (κ1) is 14.9. The third-order valence-corrected chi connectivity index (χ3v) is 7.35. The Morgan fingerprint density at radius 3 is 2.71 bits per heavy atom. The van der Waals surface area contributed by atoms with Crippen LogP contribution in [0.25, 0.3) is 0 Å². The molecule has 1 aromatic rings. The number of alkyl halides is 1. The molecule has 4 aliphatic carbocycles. The Labute approximate surface area is 149 Å². The number of hydrogen-bond donors (Lipinski definition) is 2. The van der Waals surface area contributed by atoms with Crippen molar-refractivity contribution in [2.24, 2.45) is 22.7 Å². The van der Waals surface area contributed by atoms with Crippen LogP contribution >= 0.6 is 15.9 Å². The van der Waals surface area contributed by atoms with Crippen LogP contribution in [0.15, 0.2) is 11.2 Å². The molecule has 0 aromatic carbocycles. The van der Waals surface area contributed by atoms with Crippen LogP contribution in [0.4, 0.5) is 11.4 Å². The molecular formula is C18H20BrN3O2. The highest BCUT2D eigenvalue weighted by Crippen LogP contribution is 2.59. The molecule has 1 aromatic heterocycles. The Hall–Kier alpha value is -1.43. The van der Waals surface area contributed by atoms with Crippen molar-refractivity contribution in [3.05, 3.63) is 17.5 Å². The lowest BCUT2D eigenvalue weighted by atomic mass is 9.54. The lowest BCUT2D eigenvalue weighted by molar-refractivity contribution is 0.0280. The van der Waals surface area contributed by atoms with Gasteiger partial charge in [-0.05, 0) is 49.9 Å². The quantitative estimate of drug-likeness (QED) is 0.771. The molecular weight excluding hydrogens is 370 g/mol. The minimum Gasteiger partial charge on any atom is -0.478 e. The van der Waals surface area contributed by atoms with Crippen molar-refractivity contribution in [3.8, 4) is 0 Å². The summed E-state index contributed by atoms with van der Waals surface area (Å²) in [5.41, 5.74) is 2.54. The molecule has 0 spiro atoms. The van der Waals surface area contributed by atoms with Gasteiger partial charge in [-0.2, -0.15) is 0 Å². The van der Waals surface area contributed by atoms with E-state index in [1.807, 2.05) is 6.21 Å². The van der Waals surface area contributed by atoms with E-state index in [2.05, 4.69) is 31.2 Å². The van der Waals surface area contributed by atoms with E-state index in [1.165, 1.54) is 38.3 Å². The number of carboxylic acid groups (broad SMARTS) is 1. The maximum atomic E-state index is 11.7. The lowest BCUT2D eigenvalue weighted by Gasteiger charge is -2.58. The summed E-state index contributed by atoms with van der Waals surface area (Å²) in [5.74, 6) is 1.13. The highest BCUT2D eigenvalue weighted by atomic mass is 79.9. The van der Waals surface area contributed by atoms with Gasteiger partial charge < -0.3 is 10.4 Å².